The summed E-state index contributed by atoms with van der Waals surface area (Å²) in [5.41, 5.74) is 5.97. The molecule has 0 saturated carbocycles. The number of ether oxygens (including phenoxy) is 1. The molecule has 170 valence electrons. The van der Waals surface area contributed by atoms with Crippen molar-refractivity contribution >= 4 is 17.4 Å². The van der Waals surface area contributed by atoms with Crippen molar-refractivity contribution in [3.8, 4) is 0 Å². The predicted octanol–water partition coefficient (Wildman–Crippen LogP) is 2.90. The van der Waals surface area contributed by atoms with E-state index in [1.54, 1.807) is 6.92 Å². The maximum absolute atomic E-state index is 13.3. The summed E-state index contributed by atoms with van der Waals surface area (Å²) in [4.78, 5) is 41.9. The molecule has 1 aromatic heterocycles. The van der Waals surface area contributed by atoms with Crippen molar-refractivity contribution in [3.63, 3.8) is 0 Å². The SMILES string of the molecule is CCCCn1c(N)c(N(CCC(C)C)C(=O)C(C)OCc2ccccc2)c(=O)[nH]c1=O. The van der Waals surface area contributed by atoms with E-state index in [1.165, 1.54) is 9.47 Å². The summed E-state index contributed by atoms with van der Waals surface area (Å²) in [6, 6.07) is 9.55. The van der Waals surface area contributed by atoms with Gasteiger partial charge in [0.15, 0.2) is 5.69 Å². The maximum Gasteiger partial charge on any atom is 0.330 e. The van der Waals surface area contributed by atoms with Gasteiger partial charge in [-0.05, 0) is 31.2 Å². The Kier molecular flexibility index (Phi) is 9.05. The number of hydrogen-bond acceptors (Lipinski definition) is 5. The van der Waals surface area contributed by atoms with Gasteiger partial charge in [-0.2, -0.15) is 0 Å². The summed E-state index contributed by atoms with van der Waals surface area (Å²) in [5, 5.41) is 0. The minimum Gasteiger partial charge on any atom is -0.383 e. The summed E-state index contributed by atoms with van der Waals surface area (Å²) in [6.45, 7) is 8.67. The van der Waals surface area contributed by atoms with Gasteiger partial charge in [-0.1, -0.05) is 57.5 Å². The van der Waals surface area contributed by atoms with E-state index in [0.29, 0.717) is 25.4 Å². The Hall–Kier alpha value is -2.87. The number of nitrogens with one attached hydrogen (secondary N) is 1. The fourth-order valence-corrected chi connectivity index (χ4v) is 3.18. The molecule has 1 unspecified atom stereocenters. The number of anilines is 2. The van der Waals surface area contributed by atoms with Crippen LogP contribution in [0.15, 0.2) is 39.9 Å². The van der Waals surface area contributed by atoms with Crippen LogP contribution in [-0.4, -0.2) is 28.1 Å². The third-order valence-electron chi connectivity index (χ3n) is 5.11. The molecule has 1 amide bonds. The van der Waals surface area contributed by atoms with Crippen LogP contribution < -0.4 is 21.9 Å². The minimum atomic E-state index is -0.790. The van der Waals surface area contributed by atoms with E-state index in [0.717, 1.165) is 18.4 Å². The monoisotopic (exact) mass is 430 g/mol. The Balaban J connectivity index is 2.35. The molecule has 1 atom stereocenters. The lowest BCUT2D eigenvalue weighted by atomic mass is 10.1. The molecule has 3 N–H and O–H groups in total. The zero-order valence-corrected chi connectivity index (χ0v) is 18.9. The molecule has 0 aliphatic heterocycles. The Morgan fingerprint density at radius 3 is 2.48 bits per heavy atom. The van der Waals surface area contributed by atoms with Gasteiger partial charge in [0.05, 0.1) is 6.61 Å². The quantitative estimate of drug-likeness (QED) is 0.569. The van der Waals surface area contributed by atoms with Gasteiger partial charge >= 0.3 is 5.69 Å². The van der Waals surface area contributed by atoms with Crippen LogP contribution in [0.4, 0.5) is 11.5 Å². The molecular formula is C23H34N4O4. The number of hydrogen-bond donors (Lipinski definition) is 2. The highest BCUT2D eigenvalue weighted by Crippen LogP contribution is 2.20. The van der Waals surface area contributed by atoms with Crippen LogP contribution in [0.2, 0.25) is 0 Å². The number of aromatic nitrogens is 2. The van der Waals surface area contributed by atoms with Gasteiger partial charge in [-0.25, -0.2) is 4.79 Å². The number of nitrogens with two attached hydrogens (primary N) is 1. The summed E-state index contributed by atoms with van der Waals surface area (Å²) in [6.07, 6.45) is 1.47. The van der Waals surface area contributed by atoms with Crippen molar-refractivity contribution in [3.05, 3.63) is 56.7 Å². The minimum absolute atomic E-state index is 0.00886. The third-order valence-corrected chi connectivity index (χ3v) is 5.11. The van der Waals surface area contributed by atoms with Gasteiger partial charge in [0.2, 0.25) is 0 Å². The number of rotatable bonds is 11. The highest BCUT2D eigenvalue weighted by Gasteiger charge is 2.28. The molecule has 0 fully saturated rings. The largest absolute Gasteiger partial charge is 0.383 e. The number of unbranched alkanes of at least 4 members (excludes halogenated alkanes) is 1. The van der Waals surface area contributed by atoms with E-state index in [9.17, 15) is 14.4 Å². The molecule has 0 radical (unpaired) electrons. The first-order chi connectivity index (χ1) is 14.8. The number of carbonyl (C=O) groups is 1. The molecule has 0 aliphatic carbocycles. The Morgan fingerprint density at radius 2 is 1.87 bits per heavy atom. The molecule has 0 saturated heterocycles. The molecule has 2 aromatic rings. The van der Waals surface area contributed by atoms with Crippen molar-refractivity contribution in [2.24, 2.45) is 5.92 Å². The number of carbonyl (C=O) groups excluding carboxylic acids is 1. The fraction of sp³-hybridized carbons (Fsp3) is 0.522. The van der Waals surface area contributed by atoms with Gasteiger partial charge in [-0.15, -0.1) is 0 Å². The molecule has 1 heterocycles. The lowest BCUT2D eigenvalue weighted by Crippen LogP contribution is -2.45. The highest BCUT2D eigenvalue weighted by molar-refractivity contribution is 5.98. The smallest absolute Gasteiger partial charge is 0.330 e. The standard InChI is InChI=1S/C23H34N4O4/c1-5-6-13-27-20(24)19(21(28)25-23(27)30)26(14-12-16(2)3)22(29)17(4)31-15-18-10-8-7-9-11-18/h7-11,16-17H,5-6,12-15,24H2,1-4H3,(H,25,28,30). The van der Waals surface area contributed by atoms with E-state index in [2.05, 4.69) is 4.98 Å². The van der Waals surface area contributed by atoms with Crippen molar-refractivity contribution in [2.75, 3.05) is 17.2 Å². The first-order valence-corrected chi connectivity index (χ1v) is 10.9. The van der Waals surface area contributed by atoms with Gasteiger partial charge in [0.25, 0.3) is 11.5 Å². The zero-order valence-electron chi connectivity index (χ0n) is 18.9. The summed E-state index contributed by atoms with van der Waals surface area (Å²) in [7, 11) is 0. The predicted molar refractivity (Wildman–Crippen MR) is 123 cm³/mol. The maximum atomic E-state index is 13.3. The number of nitrogen functional groups attached to an aromatic ring is 1. The Morgan fingerprint density at radius 1 is 1.19 bits per heavy atom. The van der Waals surface area contributed by atoms with E-state index in [1.807, 2.05) is 51.1 Å². The topological polar surface area (TPSA) is 110 Å². The number of nitrogens with zero attached hydrogens (tertiary/aromatic N) is 2. The molecule has 8 heteroatoms. The number of amides is 1. The lowest BCUT2D eigenvalue weighted by molar-refractivity contribution is -0.129. The molecule has 0 bridgehead atoms. The average molecular weight is 431 g/mol. The highest BCUT2D eigenvalue weighted by atomic mass is 16.5. The zero-order chi connectivity index (χ0) is 23.0. The second kappa shape index (κ2) is 11.5. The van der Waals surface area contributed by atoms with E-state index < -0.39 is 17.4 Å². The third kappa shape index (κ3) is 6.55. The van der Waals surface area contributed by atoms with E-state index in [4.69, 9.17) is 10.5 Å². The number of H-pyrrole nitrogens is 1. The second-order valence-corrected chi connectivity index (χ2v) is 8.11. The van der Waals surface area contributed by atoms with Crippen LogP contribution in [0.3, 0.4) is 0 Å². The number of aromatic amines is 1. The van der Waals surface area contributed by atoms with Crippen LogP contribution >= 0.6 is 0 Å². The average Bonchev–Trinajstić information content (AvgIpc) is 2.74. The Labute approximate surface area is 183 Å². The summed E-state index contributed by atoms with van der Waals surface area (Å²) in [5.74, 6) is -0.0498. The van der Waals surface area contributed by atoms with Gasteiger partial charge < -0.3 is 15.4 Å². The lowest BCUT2D eigenvalue weighted by Gasteiger charge is -2.27. The van der Waals surface area contributed by atoms with Crippen molar-refractivity contribution in [1.29, 1.82) is 0 Å². The summed E-state index contributed by atoms with van der Waals surface area (Å²) < 4.78 is 7.11. The summed E-state index contributed by atoms with van der Waals surface area (Å²) >= 11 is 0. The van der Waals surface area contributed by atoms with Crippen molar-refractivity contribution in [1.82, 2.24) is 9.55 Å². The van der Waals surface area contributed by atoms with Gasteiger partial charge in [0, 0.05) is 13.1 Å². The van der Waals surface area contributed by atoms with Crippen LogP contribution in [0, 0.1) is 5.92 Å². The fourth-order valence-electron chi connectivity index (χ4n) is 3.18. The van der Waals surface area contributed by atoms with Crippen LogP contribution in [0.25, 0.3) is 0 Å². The molecule has 31 heavy (non-hydrogen) atoms. The van der Waals surface area contributed by atoms with E-state index >= 15 is 0 Å². The Bertz CT molecular complexity index is 966. The van der Waals surface area contributed by atoms with Crippen LogP contribution in [0.5, 0.6) is 0 Å². The molecule has 0 aliphatic rings. The normalized spacial score (nSPS) is 12.2. The molecule has 0 spiro atoms. The molecule has 8 nitrogen and oxygen atoms in total. The van der Waals surface area contributed by atoms with Crippen molar-refractivity contribution in [2.45, 2.75) is 66.2 Å². The second-order valence-electron chi connectivity index (χ2n) is 8.11. The van der Waals surface area contributed by atoms with Crippen LogP contribution in [-0.2, 0) is 22.7 Å². The first kappa shape index (κ1) is 24.4. The van der Waals surface area contributed by atoms with Gasteiger partial charge in [-0.3, -0.25) is 19.1 Å². The molecule has 1 aromatic carbocycles. The molecular weight excluding hydrogens is 396 g/mol. The first-order valence-electron chi connectivity index (χ1n) is 10.9. The van der Waals surface area contributed by atoms with Crippen molar-refractivity contribution < 1.29 is 9.53 Å². The van der Waals surface area contributed by atoms with Crippen LogP contribution in [0.1, 0.15) is 52.5 Å². The molecule has 2 rings (SSSR count). The number of benzene rings is 1. The van der Waals surface area contributed by atoms with Gasteiger partial charge in [0.1, 0.15) is 11.9 Å². The van der Waals surface area contributed by atoms with E-state index in [-0.39, 0.29) is 24.0 Å².